The number of aliphatic hydroxyl groups is 1. The lowest BCUT2D eigenvalue weighted by atomic mass is 9.99. The second kappa shape index (κ2) is 17.1. The molecule has 1 saturated heterocycles. The number of hydrogen-bond acceptors (Lipinski definition) is 7. The molecule has 0 radical (unpaired) electrons. The molecule has 274 valence electrons. The van der Waals surface area contributed by atoms with E-state index in [1.54, 1.807) is 0 Å². The van der Waals surface area contributed by atoms with Crippen molar-refractivity contribution >= 4 is 17.7 Å². The molecule has 8 heteroatoms. The molecule has 0 spiro atoms. The average Bonchev–Trinajstić information content (AvgIpc) is 3.70. The Morgan fingerprint density at radius 1 is 0.673 bits per heavy atom. The number of ether oxygens (including phenoxy) is 2. The Morgan fingerprint density at radius 2 is 1.33 bits per heavy atom. The van der Waals surface area contributed by atoms with Crippen LogP contribution in [0.25, 0.3) is 33.7 Å². The molecule has 0 bridgehead atoms. The summed E-state index contributed by atoms with van der Waals surface area (Å²) in [5, 5.41) is 13.3. The van der Waals surface area contributed by atoms with Gasteiger partial charge in [0, 0.05) is 41.0 Å². The molecule has 7 nitrogen and oxygen atoms in total. The molecule has 1 aromatic heterocycles. The molecule has 6 aromatic carbocycles. The van der Waals surface area contributed by atoms with Crippen LogP contribution in [0.1, 0.15) is 51.4 Å². The van der Waals surface area contributed by atoms with E-state index in [9.17, 15) is 9.90 Å². The number of amides is 1. The zero-order valence-electron chi connectivity index (χ0n) is 30.1. The van der Waals surface area contributed by atoms with Crippen molar-refractivity contribution in [3.63, 3.8) is 0 Å². The molecule has 1 aliphatic rings. The van der Waals surface area contributed by atoms with E-state index in [4.69, 9.17) is 18.9 Å². The Hall–Kier alpha value is -5.77. The third-order valence-corrected chi connectivity index (χ3v) is 10.6. The number of carbonyl (C=O) groups excluding carboxylic acids is 1. The number of aliphatic hydroxyl groups excluding tert-OH is 1. The lowest BCUT2D eigenvalue weighted by Gasteiger charge is -2.36. The Balaban J connectivity index is 1.03. The van der Waals surface area contributed by atoms with Gasteiger partial charge in [0.05, 0.1) is 18.8 Å². The maximum atomic E-state index is 12.7. The van der Waals surface area contributed by atoms with Crippen LogP contribution in [0.4, 0.5) is 0 Å². The van der Waals surface area contributed by atoms with Crippen molar-refractivity contribution in [3.05, 3.63) is 192 Å². The van der Waals surface area contributed by atoms with Gasteiger partial charge in [-0.3, -0.25) is 4.79 Å². The van der Waals surface area contributed by atoms with E-state index in [1.807, 2.05) is 140 Å². The van der Waals surface area contributed by atoms with Crippen molar-refractivity contribution in [2.45, 2.75) is 43.3 Å². The fourth-order valence-corrected chi connectivity index (χ4v) is 7.57. The maximum absolute atomic E-state index is 12.7. The van der Waals surface area contributed by atoms with Gasteiger partial charge in [-0.25, -0.2) is 4.98 Å². The van der Waals surface area contributed by atoms with Gasteiger partial charge < -0.3 is 24.3 Å². The number of oxazole rings is 1. The van der Waals surface area contributed by atoms with Crippen molar-refractivity contribution in [2.75, 3.05) is 5.75 Å². The van der Waals surface area contributed by atoms with Crippen LogP contribution in [-0.4, -0.2) is 27.9 Å². The van der Waals surface area contributed by atoms with Crippen LogP contribution >= 0.6 is 11.8 Å². The number of hydrogen-bond donors (Lipinski definition) is 2. The summed E-state index contributed by atoms with van der Waals surface area (Å²) in [7, 11) is 0. The van der Waals surface area contributed by atoms with E-state index in [2.05, 4.69) is 29.6 Å². The number of nitrogens with one attached hydrogen (secondary N) is 1. The first-order chi connectivity index (χ1) is 27.1. The predicted octanol–water partition coefficient (Wildman–Crippen LogP) is 10.4. The van der Waals surface area contributed by atoms with Crippen LogP contribution < -0.4 is 5.32 Å². The molecule has 7 aromatic rings. The number of nitrogens with zero attached hydrogens (tertiary/aromatic N) is 1. The number of benzene rings is 6. The number of thioether (sulfide) groups is 1. The van der Waals surface area contributed by atoms with Gasteiger partial charge in [0.25, 0.3) is 11.1 Å². The summed E-state index contributed by atoms with van der Waals surface area (Å²) < 4.78 is 19.9. The standard InChI is InChI=1S/C47H40N2O5S/c50-30-32-22-24-34(25-23-32)42-28-41(31-55-47-49-43(35-13-4-1-5-14-35)44(54-47)36-15-6-2-7-16-36)52-46(53-42)40-21-11-20-39(27-40)38-19-10-12-33(26-38)29-48-45(51)37-17-8-3-9-18-37/h1-27,41-42,46,50H,28-31H2,(H,48,51)/t41-,42+,46+/m1/s1. The minimum atomic E-state index is -0.625. The molecular formula is C47H40N2O5S. The lowest BCUT2D eigenvalue weighted by molar-refractivity contribution is -0.245. The molecule has 2 N–H and O–H groups in total. The molecule has 2 heterocycles. The Bertz CT molecular complexity index is 2270. The fraction of sp³-hybridized carbons (Fsp3) is 0.149. The maximum Gasteiger partial charge on any atom is 0.256 e. The normalized spacial score (nSPS) is 16.8. The zero-order valence-corrected chi connectivity index (χ0v) is 30.9. The third kappa shape index (κ3) is 8.80. The summed E-state index contributed by atoms with van der Waals surface area (Å²) in [5.74, 6) is 1.23. The highest BCUT2D eigenvalue weighted by Gasteiger charge is 2.33. The summed E-state index contributed by atoms with van der Waals surface area (Å²) in [4.78, 5) is 17.6. The number of aromatic nitrogens is 1. The van der Waals surface area contributed by atoms with E-state index in [0.717, 1.165) is 56.0 Å². The highest BCUT2D eigenvalue weighted by atomic mass is 32.2. The van der Waals surface area contributed by atoms with E-state index >= 15 is 0 Å². The zero-order chi connectivity index (χ0) is 37.4. The summed E-state index contributed by atoms with van der Waals surface area (Å²) in [6.45, 7) is 0.396. The summed E-state index contributed by atoms with van der Waals surface area (Å²) in [5.41, 5.74) is 9.22. The number of carbonyl (C=O) groups is 1. The number of rotatable bonds is 12. The van der Waals surface area contributed by atoms with Crippen LogP contribution in [0.15, 0.2) is 173 Å². The smallest absolute Gasteiger partial charge is 0.256 e. The van der Waals surface area contributed by atoms with Gasteiger partial charge in [0.15, 0.2) is 12.1 Å². The highest BCUT2D eigenvalue weighted by molar-refractivity contribution is 7.99. The van der Waals surface area contributed by atoms with Crippen molar-refractivity contribution in [1.82, 2.24) is 10.3 Å². The first-order valence-corrected chi connectivity index (χ1v) is 19.4. The first kappa shape index (κ1) is 36.2. The molecule has 1 amide bonds. The minimum Gasteiger partial charge on any atom is -0.431 e. The molecule has 0 aliphatic carbocycles. The molecule has 8 rings (SSSR count). The molecule has 3 atom stereocenters. The van der Waals surface area contributed by atoms with Gasteiger partial charge in [-0.05, 0) is 52.1 Å². The van der Waals surface area contributed by atoms with Gasteiger partial charge >= 0.3 is 0 Å². The molecule has 1 fully saturated rings. The SMILES string of the molecule is O=C(NCc1cccc(-c2cccc([C@H]3O[C@@H](CSc4nc(-c5ccccc5)c(-c5ccccc5)o4)C[C@@H](c4ccc(CO)cc4)O3)c2)c1)c1ccccc1. The summed E-state index contributed by atoms with van der Waals surface area (Å²) >= 11 is 1.54. The lowest BCUT2D eigenvalue weighted by Crippen LogP contribution is -2.31. The predicted molar refractivity (Wildman–Crippen MR) is 216 cm³/mol. The van der Waals surface area contributed by atoms with Crippen LogP contribution in [0.5, 0.6) is 0 Å². The molecule has 55 heavy (non-hydrogen) atoms. The van der Waals surface area contributed by atoms with Crippen molar-refractivity contribution < 1.29 is 23.8 Å². The van der Waals surface area contributed by atoms with Gasteiger partial charge in [-0.1, -0.05) is 151 Å². The second-order valence-electron chi connectivity index (χ2n) is 13.4. The fourth-order valence-electron chi connectivity index (χ4n) is 6.73. The van der Waals surface area contributed by atoms with E-state index in [0.29, 0.717) is 29.5 Å². The molecule has 0 saturated carbocycles. The average molecular weight is 745 g/mol. The van der Waals surface area contributed by atoms with Crippen LogP contribution in [-0.2, 0) is 22.6 Å². The third-order valence-electron chi connectivity index (χ3n) is 9.61. The Labute approximate surface area is 325 Å². The topological polar surface area (TPSA) is 93.8 Å². The second-order valence-corrected chi connectivity index (χ2v) is 14.4. The monoisotopic (exact) mass is 744 g/mol. The molecule has 1 aliphatic heterocycles. The van der Waals surface area contributed by atoms with Crippen molar-refractivity contribution in [2.24, 2.45) is 0 Å². The highest BCUT2D eigenvalue weighted by Crippen LogP contribution is 2.41. The minimum absolute atomic E-state index is 0.0176. The van der Waals surface area contributed by atoms with Gasteiger partial charge in [-0.2, -0.15) is 0 Å². The Morgan fingerprint density at radius 3 is 2.05 bits per heavy atom. The molecular weight excluding hydrogens is 705 g/mol. The van der Waals surface area contributed by atoms with Crippen molar-refractivity contribution in [3.8, 4) is 33.7 Å². The molecule has 0 unspecified atom stereocenters. The van der Waals surface area contributed by atoms with E-state index < -0.39 is 6.29 Å². The van der Waals surface area contributed by atoms with Crippen LogP contribution in [0.2, 0.25) is 0 Å². The Kier molecular flexibility index (Phi) is 11.3. The largest absolute Gasteiger partial charge is 0.431 e. The summed E-state index contributed by atoms with van der Waals surface area (Å²) in [6, 6.07) is 53.7. The first-order valence-electron chi connectivity index (χ1n) is 18.4. The quantitative estimate of drug-likeness (QED) is 0.120. The van der Waals surface area contributed by atoms with Crippen LogP contribution in [0.3, 0.4) is 0 Å². The van der Waals surface area contributed by atoms with E-state index in [-0.39, 0.29) is 24.7 Å². The van der Waals surface area contributed by atoms with Crippen LogP contribution in [0, 0.1) is 0 Å². The van der Waals surface area contributed by atoms with E-state index in [1.165, 1.54) is 11.8 Å². The van der Waals surface area contributed by atoms with Gasteiger partial charge in [0.1, 0.15) is 5.69 Å². The van der Waals surface area contributed by atoms with Gasteiger partial charge in [-0.15, -0.1) is 0 Å². The summed E-state index contributed by atoms with van der Waals surface area (Å²) in [6.07, 6.45) is -0.407. The van der Waals surface area contributed by atoms with Gasteiger partial charge in [0.2, 0.25) is 0 Å². The van der Waals surface area contributed by atoms with Crippen molar-refractivity contribution in [1.29, 1.82) is 0 Å².